The molecule has 0 aliphatic carbocycles. The Bertz CT molecular complexity index is 326. The summed E-state index contributed by atoms with van der Waals surface area (Å²) in [4.78, 5) is 1.27. The van der Waals surface area contributed by atoms with Gasteiger partial charge in [-0.15, -0.1) is 11.3 Å². The number of ether oxygens (including phenoxy) is 1. The third-order valence-corrected chi connectivity index (χ3v) is 4.14. The second-order valence-electron chi connectivity index (χ2n) is 4.14. The summed E-state index contributed by atoms with van der Waals surface area (Å²) in [5, 5.41) is 0. The number of thiophene rings is 1. The maximum Gasteiger partial charge on any atom is 0.0931 e. The van der Waals surface area contributed by atoms with Crippen molar-refractivity contribution in [1.29, 1.82) is 0 Å². The predicted octanol–water partition coefficient (Wildman–Crippen LogP) is 2.35. The molecule has 2 heterocycles. The topological polar surface area (TPSA) is 47.3 Å². The van der Waals surface area contributed by atoms with Gasteiger partial charge < -0.3 is 4.74 Å². The molecule has 3 N–H and O–H groups in total. The lowest BCUT2D eigenvalue weighted by Crippen LogP contribution is -2.39. The Hall–Kier alpha value is -0.130. The van der Waals surface area contributed by atoms with E-state index >= 15 is 0 Å². The van der Waals surface area contributed by atoms with E-state index in [-0.39, 0.29) is 6.04 Å². The first kappa shape index (κ1) is 12.3. The van der Waals surface area contributed by atoms with Crippen LogP contribution in [0.15, 0.2) is 12.1 Å². The molecule has 2 rings (SSSR count). The van der Waals surface area contributed by atoms with Crippen molar-refractivity contribution in [3.8, 4) is 0 Å². The van der Waals surface area contributed by atoms with E-state index < -0.39 is 0 Å². The first-order valence-electron chi connectivity index (χ1n) is 5.60. The molecule has 0 radical (unpaired) electrons. The highest BCUT2D eigenvalue weighted by Gasteiger charge is 2.20. The average Bonchev–Trinajstić information content (AvgIpc) is 2.89. The molecule has 0 spiro atoms. The van der Waals surface area contributed by atoms with Crippen molar-refractivity contribution < 1.29 is 4.74 Å². The van der Waals surface area contributed by atoms with Crippen molar-refractivity contribution in [2.24, 2.45) is 5.84 Å². The minimum atomic E-state index is 0.276. The molecule has 1 aromatic rings. The van der Waals surface area contributed by atoms with E-state index in [0.29, 0.717) is 6.10 Å². The molecular formula is C11H17ClN2OS. The van der Waals surface area contributed by atoms with E-state index in [1.165, 1.54) is 11.3 Å². The molecule has 0 saturated carbocycles. The monoisotopic (exact) mass is 260 g/mol. The molecule has 1 saturated heterocycles. The molecule has 1 aromatic heterocycles. The zero-order valence-electron chi connectivity index (χ0n) is 9.12. The fourth-order valence-corrected chi connectivity index (χ4v) is 3.23. The maximum absolute atomic E-state index is 5.90. The normalized spacial score (nSPS) is 22.5. The minimum absolute atomic E-state index is 0.276. The Labute approximate surface area is 105 Å². The highest BCUT2D eigenvalue weighted by Crippen LogP contribution is 2.24. The molecule has 90 valence electrons. The van der Waals surface area contributed by atoms with Crippen molar-refractivity contribution in [2.75, 3.05) is 6.61 Å². The lowest BCUT2D eigenvalue weighted by atomic mass is 10.0. The van der Waals surface area contributed by atoms with Crippen molar-refractivity contribution in [3.05, 3.63) is 21.3 Å². The summed E-state index contributed by atoms with van der Waals surface area (Å²) in [6.45, 7) is 0.896. The fraction of sp³-hybridized carbons (Fsp3) is 0.636. The molecule has 0 amide bonds. The predicted molar refractivity (Wildman–Crippen MR) is 67.7 cm³/mol. The van der Waals surface area contributed by atoms with Crippen LogP contribution in [-0.2, 0) is 11.2 Å². The molecule has 0 bridgehead atoms. The summed E-state index contributed by atoms with van der Waals surface area (Å²) in [5.41, 5.74) is 2.87. The number of nitrogens with one attached hydrogen (secondary N) is 1. The van der Waals surface area contributed by atoms with Crippen LogP contribution in [-0.4, -0.2) is 18.8 Å². The molecule has 1 fully saturated rings. The third kappa shape index (κ3) is 3.43. The highest BCUT2D eigenvalue weighted by atomic mass is 35.5. The Morgan fingerprint density at radius 1 is 1.62 bits per heavy atom. The smallest absolute Gasteiger partial charge is 0.0931 e. The number of rotatable bonds is 5. The first-order chi connectivity index (χ1) is 7.78. The van der Waals surface area contributed by atoms with Gasteiger partial charge in [-0.3, -0.25) is 11.3 Å². The van der Waals surface area contributed by atoms with Crippen LogP contribution < -0.4 is 11.3 Å². The lowest BCUT2D eigenvalue weighted by molar-refractivity contribution is 0.0947. The Morgan fingerprint density at radius 3 is 3.06 bits per heavy atom. The zero-order chi connectivity index (χ0) is 11.4. The van der Waals surface area contributed by atoms with E-state index in [4.69, 9.17) is 22.2 Å². The van der Waals surface area contributed by atoms with Gasteiger partial charge in [-0.2, -0.15) is 0 Å². The second kappa shape index (κ2) is 5.98. The number of halogens is 1. The van der Waals surface area contributed by atoms with Crippen LogP contribution >= 0.6 is 22.9 Å². The van der Waals surface area contributed by atoms with Crippen molar-refractivity contribution in [3.63, 3.8) is 0 Å². The molecule has 0 aromatic carbocycles. The van der Waals surface area contributed by atoms with Gasteiger partial charge in [0.15, 0.2) is 0 Å². The van der Waals surface area contributed by atoms with Gasteiger partial charge in [0.2, 0.25) is 0 Å². The molecule has 5 heteroatoms. The van der Waals surface area contributed by atoms with Gasteiger partial charge in [0.05, 0.1) is 10.4 Å². The van der Waals surface area contributed by atoms with Crippen molar-refractivity contribution in [1.82, 2.24) is 5.43 Å². The summed E-state index contributed by atoms with van der Waals surface area (Å²) >= 11 is 7.52. The molecule has 3 nitrogen and oxygen atoms in total. The number of nitrogens with two attached hydrogens (primary N) is 1. The summed E-state index contributed by atoms with van der Waals surface area (Å²) in [6, 6.07) is 4.27. The van der Waals surface area contributed by atoms with Crippen LogP contribution in [0, 0.1) is 0 Å². The van der Waals surface area contributed by atoms with E-state index in [0.717, 1.165) is 30.2 Å². The number of hydrogen-bond donors (Lipinski definition) is 2. The highest BCUT2D eigenvalue weighted by molar-refractivity contribution is 7.16. The number of hydrazine groups is 1. The van der Waals surface area contributed by atoms with Gasteiger partial charge in [-0.05, 0) is 37.8 Å². The number of hydrogen-bond acceptors (Lipinski definition) is 4. The first-order valence-corrected chi connectivity index (χ1v) is 6.79. The van der Waals surface area contributed by atoms with Crippen molar-refractivity contribution >= 4 is 22.9 Å². The van der Waals surface area contributed by atoms with E-state index in [1.807, 2.05) is 6.07 Å². The Kier molecular flexibility index (Phi) is 4.61. The van der Waals surface area contributed by atoms with E-state index in [1.54, 1.807) is 11.3 Å². The average molecular weight is 261 g/mol. The van der Waals surface area contributed by atoms with Gasteiger partial charge in [0, 0.05) is 17.5 Å². The van der Waals surface area contributed by atoms with Gasteiger partial charge >= 0.3 is 0 Å². The SMILES string of the molecule is NNC(Cc1ccc(Cl)s1)CC1CCCO1. The van der Waals surface area contributed by atoms with E-state index in [9.17, 15) is 0 Å². The van der Waals surface area contributed by atoms with Crippen molar-refractivity contribution in [2.45, 2.75) is 37.8 Å². The molecule has 1 aliphatic rings. The largest absolute Gasteiger partial charge is 0.378 e. The van der Waals surface area contributed by atoms with Gasteiger partial charge in [0.25, 0.3) is 0 Å². The molecular weight excluding hydrogens is 244 g/mol. The molecule has 2 atom stereocenters. The van der Waals surface area contributed by atoms with Crippen LogP contribution in [0.3, 0.4) is 0 Å². The Balaban J connectivity index is 1.84. The van der Waals surface area contributed by atoms with Gasteiger partial charge in [-0.1, -0.05) is 11.6 Å². The lowest BCUT2D eigenvalue weighted by Gasteiger charge is -2.18. The molecule has 2 unspecified atom stereocenters. The van der Waals surface area contributed by atoms with Crippen LogP contribution in [0.1, 0.15) is 24.1 Å². The van der Waals surface area contributed by atoms with Crippen LogP contribution in [0.2, 0.25) is 4.34 Å². The standard InChI is InChI=1S/C11H17ClN2OS/c12-11-4-3-10(16-11)7-8(14-13)6-9-2-1-5-15-9/h3-4,8-9,14H,1-2,5-7,13H2. The summed E-state index contributed by atoms with van der Waals surface area (Å²) in [7, 11) is 0. The summed E-state index contributed by atoms with van der Waals surface area (Å²) in [5.74, 6) is 5.57. The molecule has 16 heavy (non-hydrogen) atoms. The van der Waals surface area contributed by atoms with Gasteiger partial charge in [-0.25, -0.2) is 0 Å². The quantitative estimate of drug-likeness (QED) is 0.631. The maximum atomic E-state index is 5.90. The van der Waals surface area contributed by atoms with Crippen LogP contribution in [0.5, 0.6) is 0 Å². The molecule has 1 aliphatic heterocycles. The fourth-order valence-electron chi connectivity index (χ4n) is 2.06. The van der Waals surface area contributed by atoms with Crippen LogP contribution in [0.4, 0.5) is 0 Å². The zero-order valence-corrected chi connectivity index (χ0v) is 10.7. The van der Waals surface area contributed by atoms with E-state index in [2.05, 4.69) is 11.5 Å². The third-order valence-electron chi connectivity index (χ3n) is 2.88. The van der Waals surface area contributed by atoms with Crippen LogP contribution in [0.25, 0.3) is 0 Å². The van der Waals surface area contributed by atoms with Gasteiger partial charge in [0.1, 0.15) is 0 Å². The summed E-state index contributed by atoms with van der Waals surface area (Å²) in [6.07, 6.45) is 4.60. The minimum Gasteiger partial charge on any atom is -0.378 e. The second-order valence-corrected chi connectivity index (χ2v) is 5.94. The Morgan fingerprint density at radius 2 is 2.50 bits per heavy atom. The summed E-state index contributed by atoms with van der Waals surface area (Å²) < 4.78 is 6.45.